The average Bonchev–Trinajstić information content (AvgIpc) is 3.41. The number of benzene rings is 2. The predicted octanol–water partition coefficient (Wildman–Crippen LogP) is 4.43. The Hall–Kier alpha value is -3.73. The van der Waals surface area contributed by atoms with E-state index in [-0.39, 0.29) is 23.7 Å². The van der Waals surface area contributed by atoms with Gasteiger partial charge in [0.05, 0.1) is 23.1 Å². The van der Waals surface area contributed by atoms with Crippen LogP contribution in [-0.4, -0.2) is 56.6 Å². The van der Waals surface area contributed by atoms with Crippen molar-refractivity contribution in [2.45, 2.75) is 25.1 Å². The largest absolute Gasteiger partial charge is 0.434 e. The van der Waals surface area contributed by atoms with Crippen LogP contribution in [0.2, 0.25) is 0 Å². The fourth-order valence-electron chi connectivity index (χ4n) is 5.59. The number of nitrogens with one attached hydrogen (secondary N) is 1. The fraction of sp³-hybridized carbons (Fsp3) is 0.308. The van der Waals surface area contributed by atoms with Gasteiger partial charge in [0.15, 0.2) is 0 Å². The minimum atomic E-state index is -2.99. The zero-order valence-corrected chi connectivity index (χ0v) is 20.4. The Morgan fingerprint density at radius 2 is 1.89 bits per heavy atom. The summed E-state index contributed by atoms with van der Waals surface area (Å²) in [5, 5.41) is 3.02. The van der Waals surface area contributed by atoms with Gasteiger partial charge in [-0.15, -0.1) is 0 Å². The highest BCUT2D eigenvalue weighted by atomic mass is 32.2. The molecule has 4 aromatic rings. The number of anilines is 1. The highest BCUT2D eigenvalue weighted by molar-refractivity contribution is 7.99. The van der Waals surface area contributed by atoms with Crippen molar-refractivity contribution in [3.63, 3.8) is 0 Å². The van der Waals surface area contributed by atoms with Crippen molar-refractivity contribution in [3.05, 3.63) is 65.7 Å². The van der Waals surface area contributed by atoms with Gasteiger partial charge in [-0.1, -0.05) is 12.1 Å². The third-order valence-electron chi connectivity index (χ3n) is 7.23. The molecule has 5 heterocycles. The van der Waals surface area contributed by atoms with Crippen LogP contribution in [0.25, 0.3) is 22.2 Å². The summed E-state index contributed by atoms with van der Waals surface area (Å²) in [4.78, 5) is 29.2. The molecule has 1 fully saturated rings. The second-order valence-corrected chi connectivity index (χ2v) is 10.5. The molecule has 3 aliphatic heterocycles. The lowest BCUT2D eigenvalue weighted by atomic mass is 9.97. The lowest BCUT2D eigenvalue weighted by molar-refractivity contribution is -0.0507. The van der Waals surface area contributed by atoms with Gasteiger partial charge in [0.1, 0.15) is 11.6 Å². The maximum atomic E-state index is 13.2. The number of ether oxygens (including phenoxy) is 1. The van der Waals surface area contributed by atoms with E-state index in [0.717, 1.165) is 52.7 Å². The summed E-state index contributed by atoms with van der Waals surface area (Å²) < 4.78 is 33.4. The summed E-state index contributed by atoms with van der Waals surface area (Å²) in [6.07, 6.45) is 4.18. The Kier molecular flexibility index (Phi) is 5.27. The van der Waals surface area contributed by atoms with Crippen LogP contribution < -0.4 is 15.0 Å². The van der Waals surface area contributed by atoms with Gasteiger partial charge in [-0.25, -0.2) is 15.0 Å². The zero-order valence-electron chi connectivity index (χ0n) is 19.6. The van der Waals surface area contributed by atoms with Crippen LogP contribution in [-0.2, 0) is 0 Å². The molecule has 2 atom stereocenters. The Bertz CT molecular complexity index is 1520. The lowest BCUT2D eigenvalue weighted by Crippen LogP contribution is -2.33. The molecular weight excluding hydrogens is 498 g/mol. The Labute approximate surface area is 215 Å². The second kappa shape index (κ2) is 8.69. The summed E-state index contributed by atoms with van der Waals surface area (Å²) >= 11 is 1.94. The van der Waals surface area contributed by atoms with Crippen LogP contribution >= 0.6 is 11.8 Å². The molecule has 1 N–H and O–H groups in total. The minimum absolute atomic E-state index is 0.0132. The summed E-state index contributed by atoms with van der Waals surface area (Å²) in [5.41, 5.74) is 4.22. The fourth-order valence-corrected chi connectivity index (χ4v) is 6.49. The van der Waals surface area contributed by atoms with Crippen molar-refractivity contribution in [2.75, 3.05) is 29.5 Å². The molecule has 1 amide bonds. The molecule has 7 rings (SSSR count). The Morgan fingerprint density at radius 3 is 2.68 bits per heavy atom. The van der Waals surface area contributed by atoms with Gasteiger partial charge in [0.25, 0.3) is 5.91 Å². The second-order valence-electron chi connectivity index (χ2n) is 9.29. The van der Waals surface area contributed by atoms with Gasteiger partial charge < -0.3 is 19.5 Å². The molecule has 11 heteroatoms. The number of fused-ring (bicyclic) bond motifs is 9. The maximum Gasteiger partial charge on any atom is 0.387 e. The monoisotopic (exact) mass is 520 g/mol. The topological polar surface area (TPSA) is 85.2 Å². The molecule has 1 saturated heterocycles. The van der Waals surface area contributed by atoms with E-state index in [1.807, 2.05) is 46.9 Å². The van der Waals surface area contributed by atoms with Crippen LogP contribution in [0.3, 0.4) is 0 Å². The van der Waals surface area contributed by atoms with Gasteiger partial charge in [-0.2, -0.15) is 20.5 Å². The number of hydrogen-bond donors (Lipinski definition) is 1. The molecule has 2 bridgehead atoms. The van der Waals surface area contributed by atoms with Gasteiger partial charge in [-0.3, -0.25) is 4.79 Å². The number of aromatic nitrogens is 4. The molecule has 0 aliphatic carbocycles. The molecule has 3 aliphatic rings. The minimum Gasteiger partial charge on any atom is -0.434 e. The number of alkyl halides is 2. The normalized spacial score (nSPS) is 20.5. The van der Waals surface area contributed by atoms with Crippen LogP contribution in [0, 0.1) is 0 Å². The number of halogens is 2. The first kappa shape index (κ1) is 22.5. The van der Waals surface area contributed by atoms with Crippen LogP contribution in [0.1, 0.15) is 40.3 Å². The van der Waals surface area contributed by atoms with Crippen molar-refractivity contribution in [1.82, 2.24) is 24.8 Å². The Balaban J connectivity index is 1.31. The summed E-state index contributed by atoms with van der Waals surface area (Å²) in [5.74, 6) is 3.29. The van der Waals surface area contributed by atoms with Gasteiger partial charge >= 0.3 is 6.61 Å². The smallest absolute Gasteiger partial charge is 0.387 e. The standard InChI is InChI=1S/C26H22F2N6O2S/c27-25(28)36-21-3-1-2-16-22(21)20-11-18(32-24(16)35)23-31-17-5-4-14(10-19(17)34(20)23)15-12-29-26(30-13-15)33-6-8-37-9-7-33/h1-5,10,12-13,18,20,25H,6-9,11H2,(H,32,35)/t18-,20-/m1/s1. The van der Waals surface area contributed by atoms with E-state index < -0.39 is 6.61 Å². The van der Waals surface area contributed by atoms with Crippen molar-refractivity contribution in [2.24, 2.45) is 0 Å². The number of nitrogens with zero attached hydrogens (tertiary/aromatic N) is 5. The third kappa shape index (κ3) is 3.71. The first-order chi connectivity index (χ1) is 18.1. The zero-order chi connectivity index (χ0) is 25.1. The predicted molar refractivity (Wildman–Crippen MR) is 136 cm³/mol. The number of carbonyl (C=O) groups is 1. The van der Waals surface area contributed by atoms with Crippen molar-refractivity contribution < 1.29 is 18.3 Å². The molecule has 0 radical (unpaired) electrons. The molecule has 0 unspecified atom stereocenters. The summed E-state index contributed by atoms with van der Waals surface area (Å²) in [6, 6.07) is 9.92. The Morgan fingerprint density at radius 1 is 1.08 bits per heavy atom. The van der Waals surface area contributed by atoms with E-state index in [1.54, 1.807) is 12.1 Å². The molecule has 37 heavy (non-hydrogen) atoms. The summed E-state index contributed by atoms with van der Waals surface area (Å²) in [6.45, 7) is -1.11. The van der Waals surface area contributed by atoms with E-state index in [4.69, 9.17) is 9.72 Å². The molecule has 188 valence electrons. The van der Waals surface area contributed by atoms with Crippen LogP contribution in [0.5, 0.6) is 5.75 Å². The van der Waals surface area contributed by atoms with Gasteiger partial charge in [0.2, 0.25) is 5.95 Å². The molecule has 2 aromatic heterocycles. The molecule has 8 nitrogen and oxygen atoms in total. The van der Waals surface area contributed by atoms with E-state index in [2.05, 4.69) is 20.2 Å². The van der Waals surface area contributed by atoms with E-state index in [1.165, 1.54) is 6.07 Å². The van der Waals surface area contributed by atoms with E-state index in [9.17, 15) is 13.6 Å². The number of thioether (sulfide) groups is 1. The number of rotatable bonds is 4. The SMILES string of the molecule is O=C1N[C@@H]2C[C@H](c3c(OC(F)F)cccc31)n1c2nc2ccc(-c3cnc(N4CCSCC4)nc3)cc21. The highest BCUT2D eigenvalue weighted by Crippen LogP contribution is 2.47. The summed E-state index contributed by atoms with van der Waals surface area (Å²) in [7, 11) is 0. The number of hydrogen-bond acceptors (Lipinski definition) is 7. The lowest BCUT2D eigenvalue weighted by Gasteiger charge is -2.26. The highest BCUT2D eigenvalue weighted by Gasteiger charge is 2.42. The van der Waals surface area contributed by atoms with Gasteiger partial charge in [0, 0.05) is 53.7 Å². The van der Waals surface area contributed by atoms with Crippen molar-refractivity contribution in [3.8, 4) is 16.9 Å². The average molecular weight is 521 g/mol. The number of carbonyl (C=O) groups excluding carboxylic acids is 1. The molecule has 2 aromatic carbocycles. The van der Waals surface area contributed by atoms with E-state index >= 15 is 0 Å². The van der Waals surface area contributed by atoms with Crippen molar-refractivity contribution >= 4 is 34.7 Å². The van der Waals surface area contributed by atoms with Crippen LogP contribution in [0.15, 0.2) is 48.8 Å². The number of amides is 1. The molecule has 0 spiro atoms. The maximum absolute atomic E-state index is 13.2. The third-order valence-corrected chi connectivity index (χ3v) is 8.17. The molecule has 0 saturated carbocycles. The number of imidazole rings is 1. The van der Waals surface area contributed by atoms with Crippen molar-refractivity contribution in [1.29, 1.82) is 0 Å². The van der Waals surface area contributed by atoms with Crippen LogP contribution in [0.4, 0.5) is 14.7 Å². The molecular formula is C26H22F2N6O2S. The van der Waals surface area contributed by atoms with E-state index in [0.29, 0.717) is 23.4 Å². The first-order valence-corrected chi connectivity index (χ1v) is 13.3. The quantitative estimate of drug-likeness (QED) is 0.426. The first-order valence-electron chi connectivity index (χ1n) is 12.1. The van der Waals surface area contributed by atoms with Gasteiger partial charge in [-0.05, 0) is 36.2 Å².